The zero-order chi connectivity index (χ0) is 27.8. The predicted molar refractivity (Wildman–Crippen MR) is 152 cm³/mol. The van der Waals surface area contributed by atoms with Gasteiger partial charge < -0.3 is 10.1 Å². The van der Waals surface area contributed by atoms with Crippen LogP contribution >= 0.6 is 0 Å². The van der Waals surface area contributed by atoms with Gasteiger partial charge in [0.2, 0.25) is 10.0 Å². The van der Waals surface area contributed by atoms with Gasteiger partial charge in [0.05, 0.1) is 23.2 Å². The van der Waals surface area contributed by atoms with Gasteiger partial charge in [0.1, 0.15) is 11.5 Å². The highest BCUT2D eigenvalue weighted by molar-refractivity contribution is 7.89. The van der Waals surface area contributed by atoms with E-state index in [2.05, 4.69) is 14.7 Å². The predicted octanol–water partition coefficient (Wildman–Crippen LogP) is 4.92. The number of aromatic nitrogens is 2. The SMILES string of the molecule is CC(C)C(=O)c1cnc([C@H](Cc2ccccc2)C[C@H](O)[C@H](Cc2ccccc2)NS(=O)(=O)c2ccccc2)[nH]1. The molecule has 0 aliphatic rings. The molecule has 1 heterocycles. The van der Waals surface area contributed by atoms with Gasteiger partial charge in [-0.3, -0.25) is 4.79 Å². The molecule has 3 aromatic carbocycles. The van der Waals surface area contributed by atoms with Crippen LogP contribution in [0.2, 0.25) is 0 Å². The summed E-state index contributed by atoms with van der Waals surface area (Å²) in [4.78, 5) is 20.4. The molecule has 0 radical (unpaired) electrons. The second-order valence-electron chi connectivity index (χ2n) is 10.1. The van der Waals surface area contributed by atoms with Crippen LogP contribution in [0.5, 0.6) is 0 Å². The van der Waals surface area contributed by atoms with Gasteiger partial charge >= 0.3 is 0 Å². The van der Waals surface area contributed by atoms with Gasteiger partial charge in [0.15, 0.2) is 5.78 Å². The van der Waals surface area contributed by atoms with E-state index in [0.29, 0.717) is 24.4 Å². The number of ketones is 1. The number of Topliss-reactive ketones (excluding diaryl/α,β-unsaturated/α-hetero) is 1. The number of sulfonamides is 1. The Labute approximate surface area is 230 Å². The van der Waals surface area contributed by atoms with Gasteiger partial charge in [-0.05, 0) is 42.5 Å². The third-order valence-electron chi connectivity index (χ3n) is 6.75. The number of aliphatic hydroxyl groups is 1. The highest BCUT2D eigenvalue weighted by atomic mass is 32.2. The second kappa shape index (κ2) is 13.0. The molecule has 7 nitrogen and oxygen atoms in total. The lowest BCUT2D eigenvalue weighted by Gasteiger charge is -2.27. The molecule has 0 unspecified atom stereocenters. The van der Waals surface area contributed by atoms with Crippen molar-refractivity contribution >= 4 is 15.8 Å². The molecule has 3 N–H and O–H groups in total. The summed E-state index contributed by atoms with van der Waals surface area (Å²) < 4.78 is 29.3. The van der Waals surface area contributed by atoms with E-state index in [1.807, 2.05) is 74.5 Å². The van der Waals surface area contributed by atoms with Crippen LogP contribution in [0.25, 0.3) is 0 Å². The maximum atomic E-state index is 13.2. The highest BCUT2D eigenvalue weighted by Crippen LogP contribution is 2.27. The molecule has 4 aromatic rings. The lowest BCUT2D eigenvalue weighted by Crippen LogP contribution is -2.45. The van der Waals surface area contributed by atoms with Gasteiger partial charge in [-0.1, -0.05) is 92.7 Å². The highest BCUT2D eigenvalue weighted by Gasteiger charge is 2.30. The minimum Gasteiger partial charge on any atom is -0.391 e. The summed E-state index contributed by atoms with van der Waals surface area (Å²) in [5.74, 6) is 0.0892. The van der Waals surface area contributed by atoms with E-state index in [4.69, 9.17) is 0 Å². The number of hydrogen-bond donors (Lipinski definition) is 3. The van der Waals surface area contributed by atoms with Gasteiger partial charge in [0, 0.05) is 11.8 Å². The smallest absolute Gasteiger partial charge is 0.240 e. The number of nitrogens with zero attached hydrogens (tertiary/aromatic N) is 1. The van der Waals surface area contributed by atoms with Crippen molar-refractivity contribution in [2.24, 2.45) is 5.92 Å². The summed E-state index contributed by atoms with van der Waals surface area (Å²) in [5, 5.41) is 11.6. The lowest BCUT2D eigenvalue weighted by atomic mass is 9.89. The van der Waals surface area contributed by atoms with Crippen LogP contribution in [0.15, 0.2) is 102 Å². The van der Waals surface area contributed by atoms with E-state index in [9.17, 15) is 18.3 Å². The molecule has 0 spiro atoms. The van der Waals surface area contributed by atoms with Gasteiger partial charge in [-0.2, -0.15) is 0 Å². The quantitative estimate of drug-likeness (QED) is 0.207. The number of aromatic amines is 1. The van der Waals surface area contributed by atoms with E-state index in [1.165, 1.54) is 12.1 Å². The van der Waals surface area contributed by atoms with E-state index >= 15 is 0 Å². The van der Waals surface area contributed by atoms with Crippen LogP contribution < -0.4 is 4.72 Å². The molecule has 3 atom stereocenters. The molecule has 204 valence electrons. The summed E-state index contributed by atoms with van der Waals surface area (Å²) in [6.07, 6.45) is 1.60. The summed E-state index contributed by atoms with van der Waals surface area (Å²) in [7, 11) is -3.88. The number of H-pyrrole nitrogens is 1. The Morgan fingerprint density at radius 2 is 1.41 bits per heavy atom. The fourth-order valence-electron chi connectivity index (χ4n) is 4.62. The first kappa shape index (κ1) is 28.4. The summed E-state index contributed by atoms with van der Waals surface area (Å²) in [5.41, 5.74) is 2.38. The fourth-order valence-corrected chi connectivity index (χ4v) is 5.91. The van der Waals surface area contributed by atoms with Crippen molar-refractivity contribution in [3.05, 3.63) is 120 Å². The van der Waals surface area contributed by atoms with Gasteiger partial charge in [-0.25, -0.2) is 18.1 Å². The topological polar surface area (TPSA) is 112 Å². The number of nitrogens with one attached hydrogen (secondary N) is 2. The van der Waals surface area contributed by atoms with Gasteiger partial charge in [-0.15, -0.1) is 0 Å². The monoisotopic (exact) mass is 545 g/mol. The molecule has 8 heteroatoms. The molecule has 0 saturated heterocycles. The first-order valence-corrected chi connectivity index (χ1v) is 14.6. The van der Waals surface area contributed by atoms with Crippen LogP contribution in [-0.4, -0.2) is 41.4 Å². The number of carbonyl (C=O) groups excluding carboxylic acids is 1. The van der Waals surface area contributed by atoms with E-state index in [-0.39, 0.29) is 28.9 Å². The summed E-state index contributed by atoms with van der Waals surface area (Å²) in [6.45, 7) is 3.67. The second-order valence-corrected chi connectivity index (χ2v) is 11.8. The van der Waals surface area contributed by atoms with Crippen LogP contribution in [-0.2, 0) is 22.9 Å². The first-order chi connectivity index (χ1) is 18.7. The molecule has 0 aliphatic heterocycles. The molecule has 0 aliphatic carbocycles. The van der Waals surface area contributed by atoms with Crippen LogP contribution in [0, 0.1) is 5.92 Å². The van der Waals surface area contributed by atoms with Crippen molar-refractivity contribution in [2.45, 2.75) is 56.1 Å². The minimum absolute atomic E-state index is 0.0367. The number of carbonyl (C=O) groups is 1. The Hall–Kier alpha value is -3.59. The molecular weight excluding hydrogens is 510 g/mol. The Balaban J connectivity index is 1.63. The van der Waals surface area contributed by atoms with Gasteiger partial charge in [0.25, 0.3) is 0 Å². The first-order valence-electron chi connectivity index (χ1n) is 13.2. The molecule has 0 bridgehead atoms. The summed E-state index contributed by atoms with van der Waals surface area (Å²) in [6, 6.07) is 26.7. The zero-order valence-electron chi connectivity index (χ0n) is 22.2. The Kier molecular flexibility index (Phi) is 9.45. The molecule has 0 fully saturated rings. The molecule has 1 aromatic heterocycles. The van der Waals surface area contributed by atoms with Crippen molar-refractivity contribution in [1.29, 1.82) is 0 Å². The maximum absolute atomic E-state index is 13.2. The zero-order valence-corrected chi connectivity index (χ0v) is 23.0. The van der Waals surface area contributed by atoms with Crippen LogP contribution in [0.4, 0.5) is 0 Å². The summed E-state index contributed by atoms with van der Waals surface area (Å²) >= 11 is 0. The molecule has 0 saturated carbocycles. The van der Waals surface area contributed by atoms with Crippen molar-refractivity contribution in [3.63, 3.8) is 0 Å². The van der Waals surface area contributed by atoms with Crippen molar-refractivity contribution in [2.75, 3.05) is 0 Å². The number of hydrogen-bond acceptors (Lipinski definition) is 5. The van der Waals surface area contributed by atoms with Crippen molar-refractivity contribution < 1.29 is 18.3 Å². The molecular formula is C31H35N3O4S. The normalized spacial score (nSPS) is 14.2. The lowest BCUT2D eigenvalue weighted by molar-refractivity contribution is 0.0934. The van der Waals surface area contributed by atoms with E-state index < -0.39 is 22.2 Å². The van der Waals surface area contributed by atoms with Crippen molar-refractivity contribution in [3.8, 4) is 0 Å². The largest absolute Gasteiger partial charge is 0.391 e. The van der Waals surface area contributed by atoms with E-state index in [0.717, 1.165) is 11.1 Å². The van der Waals surface area contributed by atoms with Crippen LogP contribution in [0.3, 0.4) is 0 Å². The van der Waals surface area contributed by atoms with E-state index in [1.54, 1.807) is 24.4 Å². The number of imidazole rings is 1. The minimum atomic E-state index is -3.88. The Bertz CT molecular complexity index is 1440. The third kappa shape index (κ3) is 7.72. The number of benzene rings is 3. The Morgan fingerprint density at radius 1 is 0.872 bits per heavy atom. The standard InChI is InChI=1S/C31H35N3O4S/c1-22(2)30(36)28-21-32-31(33-28)25(18-23-12-6-3-7-13-23)20-29(35)27(19-24-14-8-4-9-15-24)34-39(37,38)26-16-10-5-11-17-26/h3-17,21-22,25,27,29,34-35H,18-20H2,1-2H3,(H,32,33)/t25-,27+,29+/m1/s1. The number of aliphatic hydroxyl groups excluding tert-OH is 1. The fraction of sp³-hybridized carbons (Fsp3) is 0.290. The third-order valence-corrected chi connectivity index (χ3v) is 8.25. The maximum Gasteiger partial charge on any atom is 0.240 e. The number of rotatable bonds is 13. The Morgan fingerprint density at radius 3 is 1.97 bits per heavy atom. The molecule has 0 amide bonds. The van der Waals surface area contributed by atoms with Crippen LogP contribution in [0.1, 0.15) is 53.6 Å². The molecule has 4 rings (SSSR count). The van der Waals surface area contributed by atoms with Crippen molar-refractivity contribution in [1.82, 2.24) is 14.7 Å². The average Bonchev–Trinajstić information content (AvgIpc) is 3.44. The molecule has 39 heavy (non-hydrogen) atoms. The average molecular weight is 546 g/mol.